The first-order chi connectivity index (χ1) is 5.81. The summed E-state index contributed by atoms with van der Waals surface area (Å²) in [6.45, 7) is 2.39. The number of rotatable bonds is 8. The predicted octanol–water partition coefficient (Wildman–Crippen LogP) is 2.78. The SMILES string of the molecule is CCCC[P+](=O)CCCCCO. The molecule has 0 aliphatic carbocycles. The molecular formula is C9H20O2P+. The summed E-state index contributed by atoms with van der Waals surface area (Å²) in [6.07, 6.45) is 6.87. The quantitative estimate of drug-likeness (QED) is 0.473. The van der Waals surface area contributed by atoms with E-state index < -0.39 is 7.80 Å². The molecule has 0 bridgehead atoms. The van der Waals surface area contributed by atoms with E-state index in [1.165, 1.54) is 0 Å². The number of hydrogen-bond acceptors (Lipinski definition) is 2. The lowest BCUT2D eigenvalue weighted by Gasteiger charge is -1.91. The summed E-state index contributed by atoms with van der Waals surface area (Å²) in [7, 11) is -0.935. The van der Waals surface area contributed by atoms with Crippen LogP contribution in [0.3, 0.4) is 0 Å². The van der Waals surface area contributed by atoms with Gasteiger partial charge in [0.05, 0.1) is 0 Å². The van der Waals surface area contributed by atoms with Gasteiger partial charge >= 0.3 is 7.80 Å². The highest BCUT2D eigenvalue weighted by Crippen LogP contribution is 2.23. The van der Waals surface area contributed by atoms with Crippen molar-refractivity contribution in [3.05, 3.63) is 0 Å². The molecule has 72 valence electrons. The summed E-state index contributed by atoms with van der Waals surface area (Å²) in [4.78, 5) is 0. The lowest BCUT2D eigenvalue weighted by molar-refractivity contribution is 0.284. The Morgan fingerprint density at radius 3 is 2.33 bits per heavy atom. The third kappa shape index (κ3) is 8.16. The monoisotopic (exact) mass is 191 g/mol. The van der Waals surface area contributed by atoms with Gasteiger partial charge in [-0.05, 0) is 25.7 Å². The average molecular weight is 191 g/mol. The molecule has 2 nitrogen and oxygen atoms in total. The fraction of sp³-hybridized carbons (Fsp3) is 1.00. The van der Waals surface area contributed by atoms with Crippen molar-refractivity contribution in [2.24, 2.45) is 0 Å². The van der Waals surface area contributed by atoms with E-state index in [0.29, 0.717) is 0 Å². The van der Waals surface area contributed by atoms with E-state index in [2.05, 4.69) is 6.92 Å². The van der Waals surface area contributed by atoms with Crippen molar-refractivity contribution in [1.82, 2.24) is 0 Å². The maximum absolute atomic E-state index is 11.3. The van der Waals surface area contributed by atoms with Crippen molar-refractivity contribution in [2.75, 3.05) is 18.9 Å². The van der Waals surface area contributed by atoms with Gasteiger partial charge in [0.25, 0.3) is 0 Å². The molecule has 1 N–H and O–H groups in total. The highest BCUT2D eigenvalue weighted by molar-refractivity contribution is 7.44. The molecule has 0 rings (SSSR count). The fourth-order valence-electron chi connectivity index (χ4n) is 1.02. The molecule has 0 fully saturated rings. The molecule has 0 aliphatic rings. The summed E-state index contributed by atoms with van der Waals surface area (Å²) in [6, 6.07) is 0. The maximum atomic E-state index is 11.3. The molecule has 0 spiro atoms. The molecule has 0 amide bonds. The average Bonchev–Trinajstić information content (AvgIpc) is 2.09. The van der Waals surface area contributed by atoms with Gasteiger partial charge in [0.15, 0.2) is 0 Å². The van der Waals surface area contributed by atoms with Crippen molar-refractivity contribution < 1.29 is 9.67 Å². The Hall–Kier alpha value is 0.0600. The van der Waals surface area contributed by atoms with Crippen LogP contribution < -0.4 is 0 Å². The minimum atomic E-state index is -0.935. The first kappa shape index (κ1) is 12.1. The van der Waals surface area contributed by atoms with Gasteiger partial charge in [-0.25, -0.2) is 0 Å². The number of unbranched alkanes of at least 4 members (excludes halogenated alkanes) is 3. The zero-order valence-corrected chi connectivity index (χ0v) is 8.85. The van der Waals surface area contributed by atoms with Crippen LogP contribution in [0.25, 0.3) is 0 Å². The van der Waals surface area contributed by atoms with Gasteiger partial charge in [-0.3, -0.25) is 0 Å². The Bertz CT molecular complexity index is 115. The van der Waals surface area contributed by atoms with Gasteiger partial charge in [0.2, 0.25) is 0 Å². The molecule has 0 aromatic carbocycles. The van der Waals surface area contributed by atoms with Crippen molar-refractivity contribution in [1.29, 1.82) is 0 Å². The molecule has 0 saturated heterocycles. The topological polar surface area (TPSA) is 37.3 Å². The molecule has 0 aromatic heterocycles. The number of aliphatic hydroxyl groups is 1. The molecule has 0 heterocycles. The highest BCUT2D eigenvalue weighted by Gasteiger charge is 2.12. The fourth-order valence-corrected chi connectivity index (χ4v) is 2.49. The van der Waals surface area contributed by atoms with Gasteiger partial charge in [-0.1, -0.05) is 17.9 Å². The molecule has 1 unspecified atom stereocenters. The summed E-state index contributed by atoms with van der Waals surface area (Å²) in [5, 5.41) is 8.50. The van der Waals surface area contributed by atoms with Crippen LogP contribution in [0.15, 0.2) is 0 Å². The van der Waals surface area contributed by atoms with Crippen molar-refractivity contribution in [3.8, 4) is 0 Å². The Labute approximate surface area is 76.2 Å². The normalized spacial score (nSPS) is 11.7. The molecule has 0 aliphatic heterocycles. The van der Waals surface area contributed by atoms with Crippen LogP contribution in [0.5, 0.6) is 0 Å². The largest absolute Gasteiger partial charge is 0.396 e. The first-order valence-electron chi connectivity index (χ1n) is 4.84. The smallest absolute Gasteiger partial charge is 0.338 e. The molecule has 3 heteroatoms. The minimum Gasteiger partial charge on any atom is -0.396 e. The summed E-state index contributed by atoms with van der Waals surface area (Å²) in [5.74, 6) is 0. The molecular weight excluding hydrogens is 171 g/mol. The van der Waals surface area contributed by atoms with E-state index in [-0.39, 0.29) is 6.61 Å². The van der Waals surface area contributed by atoms with Gasteiger partial charge in [0, 0.05) is 6.61 Å². The maximum Gasteiger partial charge on any atom is 0.338 e. The Morgan fingerprint density at radius 1 is 1.08 bits per heavy atom. The third-order valence-corrected chi connectivity index (χ3v) is 3.46. The Balaban J connectivity index is 3.08. The van der Waals surface area contributed by atoms with Crippen LogP contribution in [0.1, 0.15) is 39.0 Å². The van der Waals surface area contributed by atoms with E-state index in [9.17, 15) is 4.57 Å². The summed E-state index contributed by atoms with van der Waals surface area (Å²) >= 11 is 0. The van der Waals surface area contributed by atoms with Gasteiger partial charge in [0.1, 0.15) is 12.3 Å². The van der Waals surface area contributed by atoms with E-state index in [0.717, 1.165) is 44.4 Å². The number of aliphatic hydroxyl groups excluding tert-OH is 1. The molecule has 12 heavy (non-hydrogen) atoms. The van der Waals surface area contributed by atoms with Crippen molar-refractivity contribution in [2.45, 2.75) is 39.0 Å². The van der Waals surface area contributed by atoms with Crippen molar-refractivity contribution in [3.63, 3.8) is 0 Å². The van der Waals surface area contributed by atoms with E-state index in [4.69, 9.17) is 5.11 Å². The second-order valence-corrected chi connectivity index (χ2v) is 4.92. The van der Waals surface area contributed by atoms with Crippen LogP contribution in [-0.2, 0) is 4.57 Å². The van der Waals surface area contributed by atoms with E-state index in [1.54, 1.807) is 0 Å². The first-order valence-corrected chi connectivity index (χ1v) is 6.47. The molecule has 0 saturated carbocycles. The van der Waals surface area contributed by atoms with Crippen LogP contribution in [0.4, 0.5) is 0 Å². The lowest BCUT2D eigenvalue weighted by Crippen LogP contribution is -1.87. The summed E-state index contributed by atoms with van der Waals surface area (Å²) < 4.78 is 11.3. The third-order valence-electron chi connectivity index (χ3n) is 1.83. The van der Waals surface area contributed by atoms with Crippen LogP contribution >= 0.6 is 7.80 Å². The molecule has 0 aromatic rings. The van der Waals surface area contributed by atoms with Gasteiger partial charge in [-0.2, -0.15) is 0 Å². The molecule has 1 atom stereocenters. The van der Waals surface area contributed by atoms with E-state index in [1.807, 2.05) is 0 Å². The standard InChI is InChI=1S/C9H20O2P/c1-2-3-8-12(11)9-6-4-5-7-10/h10H,2-9H2,1H3/q+1. The zero-order valence-electron chi connectivity index (χ0n) is 7.96. The van der Waals surface area contributed by atoms with Crippen LogP contribution in [-0.4, -0.2) is 24.0 Å². The van der Waals surface area contributed by atoms with Crippen molar-refractivity contribution >= 4 is 7.80 Å². The second kappa shape index (κ2) is 9.15. The van der Waals surface area contributed by atoms with Crippen LogP contribution in [0.2, 0.25) is 0 Å². The Kier molecular flexibility index (Phi) is 9.20. The lowest BCUT2D eigenvalue weighted by atomic mass is 10.3. The van der Waals surface area contributed by atoms with E-state index >= 15 is 0 Å². The zero-order chi connectivity index (χ0) is 9.23. The minimum absolute atomic E-state index is 0.270. The predicted molar refractivity (Wildman–Crippen MR) is 53.2 cm³/mol. The number of hydrogen-bond donors (Lipinski definition) is 1. The second-order valence-electron chi connectivity index (χ2n) is 3.07. The molecule has 0 radical (unpaired) electrons. The highest BCUT2D eigenvalue weighted by atomic mass is 31.1. The van der Waals surface area contributed by atoms with Crippen LogP contribution in [0, 0.1) is 0 Å². The van der Waals surface area contributed by atoms with Gasteiger partial charge in [-0.15, -0.1) is 0 Å². The van der Waals surface area contributed by atoms with Gasteiger partial charge < -0.3 is 5.11 Å². The Morgan fingerprint density at radius 2 is 1.75 bits per heavy atom. The summed E-state index contributed by atoms with van der Waals surface area (Å²) in [5.41, 5.74) is 0.